The Bertz CT molecular complexity index is 134. The third kappa shape index (κ3) is 3.81. The van der Waals surface area contributed by atoms with Gasteiger partial charge in [0.1, 0.15) is 0 Å². The van der Waals surface area contributed by atoms with E-state index in [9.17, 15) is 0 Å². The SMILES string of the molecule is C=C=C(C=CCC)CC. The zero-order chi connectivity index (χ0) is 7.11. The normalized spacial score (nSPS) is 9.56. The maximum Gasteiger partial charge on any atom is -0.00725 e. The van der Waals surface area contributed by atoms with Gasteiger partial charge in [-0.2, -0.15) is 0 Å². The highest BCUT2D eigenvalue weighted by molar-refractivity contribution is 5.15. The highest BCUT2D eigenvalue weighted by Crippen LogP contribution is 1.99. The van der Waals surface area contributed by atoms with Crippen LogP contribution in [0.4, 0.5) is 0 Å². The van der Waals surface area contributed by atoms with Gasteiger partial charge in [-0.05, 0) is 18.4 Å². The Kier molecular flexibility index (Phi) is 4.95. The number of hydrogen-bond donors (Lipinski definition) is 0. The lowest BCUT2D eigenvalue weighted by atomic mass is 10.2. The molecule has 0 N–H and O–H groups in total. The lowest BCUT2D eigenvalue weighted by Crippen LogP contribution is -1.68. The van der Waals surface area contributed by atoms with Crippen molar-refractivity contribution in [1.29, 1.82) is 0 Å². The molecule has 0 aliphatic rings. The summed E-state index contributed by atoms with van der Waals surface area (Å²) in [7, 11) is 0. The summed E-state index contributed by atoms with van der Waals surface area (Å²) < 4.78 is 0. The average molecular weight is 122 g/mol. The predicted molar refractivity (Wildman–Crippen MR) is 42.4 cm³/mol. The molecule has 0 aromatic heterocycles. The Morgan fingerprint density at radius 3 is 2.56 bits per heavy atom. The van der Waals surface area contributed by atoms with Crippen molar-refractivity contribution >= 4 is 0 Å². The van der Waals surface area contributed by atoms with E-state index in [1.54, 1.807) is 0 Å². The van der Waals surface area contributed by atoms with Crippen LogP contribution in [0.5, 0.6) is 0 Å². The van der Waals surface area contributed by atoms with E-state index in [-0.39, 0.29) is 0 Å². The van der Waals surface area contributed by atoms with Gasteiger partial charge in [-0.25, -0.2) is 0 Å². The summed E-state index contributed by atoms with van der Waals surface area (Å²) in [6.07, 6.45) is 6.31. The first-order valence-corrected chi connectivity index (χ1v) is 3.40. The lowest BCUT2D eigenvalue weighted by molar-refractivity contribution is 1.14. The van der Waals surface area contributed by atoms with Gasteiger partial charge in [-0.1, -0.05) is 32.6 Å². The molecule has 0 unspecified atom stereocenters. The van der Waals surface area contributed by atoms with Crippen molar-refractivity contribution in [3.63, 3.8) is 0 Å². The van der Waals surface area contributed by atoms with Crippen LogP contribution < -0.4 is 0 Å². The summed E-state index contributed by atoms with van der Waals surface area (Å²) in [5, 5.41) is 0. The molecule has 0 bridgehead atoms. The minimum Gasteiger partial charge on any atom is -0.125 e. The van der Waals surface area contributed by atoms with Crippen LogP contribution >= 0.6 is 0 Å². The fourth-order valence-corrected chi connectivity index (χ4v) is 0.562. The highest BCUT2D eigenvalue weighted by Gasteiger charge is 1.80. The van der Waals surface area contributed by atoms with E-state index in [1.165, 1.54) is 5.57 Å². The minimum absolute atomic E-state index is 1.03. The van der Waals surface area contributed by atoms with Crippen LogP contribution in [0.1, 0.15) is 26.7 Å². The summed E-state index contributed by atoms with van der Waals surface area (Å²) in [5.74, 6) is 0. The first kappa shape index (κ1) is 8.26. The van der Waals surface area contributed by atoms with E-state index in [2.05, 4.69) is 38.3 Å². The van der Waals surface area contributed by atoms with Crippen LogP contribution in [0, 0.1) is 0 Å². The summed E-state index contributed by atoms with van der Waals surface area (Å²) in [6.45, 7) is 7.79. The molecule has 0 aliphatic heterocycles. The zero-order valence-corrected chi connectivity index (χ0v) is 6.28. The molecule has 0 heterocycles. The first-order chi connectivity index (χ1) is 4.35. The van der Waals surface area contributed by atoms with Crippen molar-refractivity contribution < 1.29 is 0 Å². The van der Waals surface area contributed by atoms with Gasteiger partial charge in [0.2, 0.25) is 0 Å². The van der Waals surface area contributed by atoms with Crippen LogP contribution in [-0.2, 0) is 0 Å². The van der Waals surface area contributed by atoms with Crippen molar-refractivity contribution in [2.75, 3.05) is 0 Å². The fraction of sp³-hybridized carbons (Fsp3) is 0.444. The topological polar surface area (TPSA) is 0 Å². The van der Waals surface area contributed by atoms with Crippen LogP contribution in [0.25, 0.3) is 0 Å². The van der Waals surface area contributed by atoms with Crippen LogP contribution in [0.3, 0.4) is 0 Å². The molecule has 0 radical (unpaired) electrons. The maximum atomic E-state index is 3.57. The Morgan fingerprint density at radius 2 is 2.22 bits per heavy atom. The van der Waals surface area contributed by atoms with Gasteiger partial charge in [0.15, 0.2) is 0 Å². The molecule has 0 heteroatoms. The highest BCUT2D eigenvalue weighted by atomic mass is 13.8. The summed E-state index contributed by atoms with van der Waals surface area (Å²) in [6, 6.07) is 0. The Hall–Kier alpha value is -0.740. The Morgan fingerprint density at radius 1 is 1.56 bits per heavy atom. The van der Waals surface area contributed by atoms with Crippen molar-refractivity contribution in [3.8, 4) is 0 Å². The molecule has 0 nitrogen and oxygen atoms in total. The third-order valence-electron chi connectivity index (χ3n) is 1.16. The molecule has 0 amide bonds. The van der Waals surface area contributed by atoms with Gasteiger partial charge >= 0.3 is 0 Å². The first-order valence-electron chi connectivity index (χ1n) is 3.40. The molecule has 0 aromatic rings. The van der Waals surface area contributed by atoms with Crippen LogP contribution in [0.15, 0.2) is 30.0 Å². The van der Waals surface area contributed by atoms with E-state index in [0.717, 1.165) is 12.8 Å². The van der Waals surface area contributed by atoms with E-state index in [1.807, 2.05) is 0 Å². The molecule has 0 spiro atoms. The van der Waals surface area contributed by atoms with Gasteiger partial charge in [0.05, 0.1) is 0 Å². The quantitative estimate of drug-likeness (QED) is 0.398. The van der Waals surface area contributed by atoms with Gasteiger partial charge in [-0.15, -0.1) is 5.73 Å². The zero-order valence-electron chi connectivity index (χ0n) is 6.28. The Labute approximate surface area is 57.6 Å². The molecule has 50 valence electrons. The molecule has 0 fully saturated rings. The summed E-state index contributed by atoms with van der Waals surface area (Å²) >= 11 is 0. The van der Waals surface area contributed by atoms with Crippen molar-refractivity contribution in [2.24, 2.45) is 0 Å². The smallest absolute Gasteiger partial charge is 0.00725 e. The van der Waals surface area contributed by atoms with Crippen LogP contribution in [-0.4, -0.2) is 0 Å². The second kappa shape index (κ2) is 5.40. The van der Waals surface area contributed by atoms with E-state index in [0.29, 0.717) is 0 Å². The molecule has 9 heavy (non-hydrogen) atoms. The third-order valence-corrected chi connectivity index (χ3v) is 1.16. The maximum absolute atomic E-state index is 3.57. The molecule has 0 saturated carbocycles. The number of rotatable bonds is 3. The molecule has 0 saturated heterocycles. The van der Waals surface area contributed by atoms with Crippen LogP contribution in [0.2, 0.25) is 0 Å². The second-order valence-electron chi connectivity index (χ2n) is 1.87. The lowest BCUT2D eigenvalue weighted by Gasteiger charge is -1.87. The van der Waals surface area contributed by atoms with Crippen molar-refractivity contribution in [3.05, 3.63) is 30.0 Å². The molecule has 0 rings (SSSR count). The van der Waals surface area contributed by atoms with Gasteiger partial charge in [0.25, 0.3) is 0 Å². The van der Waals surface area contributed by atoms with Crippen molar-refractivity contribution in [2.45, 2.75) is 26.7 Å². The number of allylic oxidation sites excluding steroid dienone is 3. The standard InChI is InChI=1S/C9H14/c1-4-7-8-9(5-2)6-3/h7-8H,2,4,6H2,1,3H3. The Balaban J connectivity index is 3.85. The molecule has 0 atom stereocenters. The molecular weight excluding hydrogens is 108 g/mol. The van der Waals surface area contributed by atoms with E-state index in [4.69, 9.17) is 0 Å². The monoisotopic (exact) mass is 122 g/mol. The van der Waals surface area contributed by atoms with Gasteiger partial charge < -0.3 is 0 Å². The summed E-state index contributed by atoms with van der Waals surface area (Å²) in [4.78, 5) is 0. The largest absolute Gasteiger partial charge is 0.125 e. The summed E-state index contributed by atoms with van der Waals surface area (Å²) in [5.41, 5.74) is 4.06. The molecular formula is C9H14. The number of hydrogen-bond acceptors (Lipinski definition) is 0. The van der Waals surface area contributed by atoms with E-state index < -0.39 is 0 Å². The molecule has 0 aliphatic carbocycles. The fourth-order valence-electron chi connectivity index (χ4n) is 0.562. The van der Waals surface area contributed by atoms with Crippen molar-refractivity contribution in [1.82, 2.24) is 0 Å². The second-order valence-corrected chi connectivity index (χ2v) is 1.87. The van der Waals surface area contributed by atoms with E-state index >= 15 is 0 Å². The van der Waals surface area contributed by atoms with Gasteiger partial charge in [-0.3, -0.25) is 0 Å². The predicted octanol–water partition coefficient (Wildman–Crippen LogP) is 3.07. The molecule has 0 aromatic carbocycles. The minimum atomic E-state index is 1.03. The van der Waals surface area contributed by atoms with Gasteiger partial charge in [0, 0.05) is 0 Å². The average Bonchev–Trinajstić information content (AvgIpc) is 1.91.